The number of hydrogen-bond donors (Lipinski definition) is 0. The molecule has 1 saturated carbocycles. The summed E-state index contributed by atoms with van der Waals surface area (Å²) in [4.78, 5) is 17.7. The molecule has 1 amide bonds. The molecule has 1 aliphatic heterocycles. The topological polar surface area (TPSA) is 23.6 Å². The summed E-state index contributed by atoms with van der Waals surface area (Å²) in [5.41, 5.74) is 4.50. The molecule has 0 spiro atoms. The molecule has 0 radical (unpaired) electrons. The van der Waals surface area contributed by atoms with Crippen molar-refractivity contribution in [2.75, 3.05) is 26.7 Å². The Morgan fingerprint density at radius 1 is 0.812 bits per heavy atom. The average Bonchev–Trinajstić information content (AvgIpc) is 3.07. The Morgan fingerprint density at radius 3 is 2.00 bits per heavy atom. The Hall–Kier alpha value is -2.91. The van der Waals surface area contributed by atoms with Crippen LogP contribution in [0.3, 0.4) is 0 Å². The van der Waals surface area contributed by atoms with E-state index in [4.69, 9.17) is 0 Å². The van der Waals surface area contributed by atoms with E-state index in [0.29, 0.717) is 17.8 Å². The Morgan fingerprint density at radius 2 is 1.38 bits per heavy atom. The lowest BCUT2D eigenvalue weighted by Gasteiger charge is -2.39. The molecule has 1 aliphatic carbocycles. The van der Waals surface area contributed by atoms with Gasteiger partial charge in [-0.25, -0.2) is 0 Å². The Balaban J connectivity index is 1.20. The zero-order chi connectivity index (χ0) is 21.9. The maximum Gasteiger partial charge on any atom is 0.253 e. The largest absolute Gasteiger partial charge is 0.341 e. The van der Waals surface area contributed by atoms with Gasteiger partial charge in [-0.05, 0) is 59.4 Å². The van der Waals surface area contributed by atoms with Gasteiger partial charge in [0, 0.05) is 38.8 Å². The standard InChI is InChI=1S/C29H32N2O/c1-30(29(32)25-14-12-24(13-15-25)23-10-6-3-7-11-23)21-28-26-16-17-27(28)20-31(19-26)18-22-8-4-2-5-9-22/h2-15,26-28H,16-21H2,1H3. The monoisotopic (exact) mass is 424 g/mol. The summed E-state index contributed by atoms with van der Waals surface area (Å²) in [6.07, 6.45) is 2.60. The lowest BCUT2D eigenvalue weighted by atomic mass is 9.84. The number of rotatable bonds is 6. The van der Waals surface area contributed by atoms with E-state index < -0.39 is 0 Å². The van der Waals surface area contributed by atoms with E-state index in [-0.39, 0.29) is 5.91 Å². The van der Waals surface area contributed by atoms with Gasteiger partial charge in [0.15, 0.2) is 0 Å². The van der Waals surface area contributed by atoms with Crippen LogP contribution in [0.25, 0.3) is 11.1 Å². The molecule has 0 aromatic heterocycles. The Bertz CT molecular complexity index is 1020. The number of likely N-dealkylation sites (tertiary alicyclic amines) is 1. The molecule has 2 atom stereocenters. The van der Waals surface area contributed by atoms with E-state index in [9.17, 15) is 4.79 Å². The summed E-state index contributed by atoms with van der Waals surface area (Å²) in [7, 11) is 1.98. The first-order chi connectivity index (χ1) is 15.7. The highest BCUT2D eigenvalue weighted by Crippen LogP contribution is 2.42. The molecule has 32 heavy (non-hydrogen) atoms. The first kappa shape index (κ1) is 21.0. The van der Waals surface area contributed by atoms with E-state index in [1.54, 1.807) is 0 Å². The fourth-order valence-electron chi connectivity index (χ4n) is 5.76. The molecule has 2 bridgehead atoms. The molecular weight excluding hydrogens is 392 g/mol. The first-order valence-corrected chi connectivity index (χ1v) is 11.8. The lowest BCUT2D eigenvalue weighted by molar-refractivity contribution is 0.0605. The molecule has 2 unspecified atom stereocenters. The van der Waals surface area contributed by atoms with E-state index in [2.05, 4.69) is 59.5 Å². The number of benzene rings is 3. The highest BCUT2D eigenvalue weighted by atomic mass is 16.2. The molecule has 3 aromatic carbocycles. The minimum Gasteiger partial charge on any atom is -0.341 e. The van der Waals surface area contributed by atoms with Crippen molar-refractivity contribution in [1.82, 2.24) is 9.80 Å². The zero-order valence-corrected chi connectivity index (χ0v) is 18.9. The highest BCUT2D eigenvalue weighted by Gasteiger charge is 2.42. The van der Waals surface area contributed by atoms with Crippen LogP contribution >= 0.6 is 0 Å². The van der Waals surface area contributed by atoms with Gasteiger partial charge in [-0.3, -0.25) is 9.69 Å². The van der Waals surface area contributed by atoms with Crippen LogP contribution in [-0.2, 0) is 6.54 Å². The third kappa shape index (κ3) is 4.49. The molecule has 164 valence electrons. The molecule has 1 heterocycles. The van der Waals surface area contributed by atoms with Gasteiger partial charge in [-0.2, -0.15) is 0 Å². The molecule has 0 N–H and O–H groups in total. The number of amides is 1. The summed E-state index contributed by atoms with van der Waals surface area (Å²) in [5, 5.41) is 0. The average molecular weight is 425 g/mol. The molecule has 3 aromatic rings. The Labute approximate surface area is 191 Å². The normalized spacial score (nSPS) is 22.6. The van der Waals surface area contributed by atoms with Crippen LogP contribution in [-0.4, -0.2) is 42.4 Å². The third-order valence-corrected chi connectivity index (χ3v) is 7.42. The maximum atomic E-state index is 13.1. The third-order valence-electron chi connectivity index (χ3n) is 7.42. The van der Waals surface area contributed by atoms with Crippen molar-refractivity contribution in [1.29, 1.82) is 0 Å². The number of carbonyl (C=O) groups excluding carboxylic acids is 1. The van der Waals surface area contributed by atoms with Crippen LogP contribution in [0.15, 0.2) is 84.9 Å². The highest BCUT2D eigenvalue weighted by molar-refractivity contribution is 5.94. The number of piperidine rings is 1. The summed E-state index contributed by atoms with van der Waals surface area (Å²) in [6, 6.07) is 29.2. The molecule has 5 rings (SSSR count). The second-order valence-corrected chi connectivity index (χ2v) is 9.57. The van der Waals surface area contributed by atoms with Crippen LogP contribution in [0.1, 0.15) is 28.8 Å². The zero-order valence-electron chi connectivity index (χ0n) is 18.9. The van der Waals surface area contributed by atoms with E-state index in [0.717, 1.165) is 37.3 Å². The molecule has 1 saturated heterocycles. The van der Waals surface area contributed by atoms with Gasteiger partial charge in [0.05, 0.1) is 0 Å². The first-order valence-electron chi connectivity index (χ1n) is 11.8. The summed E-state index contributed by atoms with van der Waals surface area (Å²) in [6.45, 7) is 4.23. The van der Waals surface area contributed by atoms with E-state index in [1.165, 1.54) is 24.0 Å². The van der Waals surface area contributed by atoms with Crippen molar-refractivity contribution >= 4 is 5.91 Å². The van der Waals surface area contributed by atoms with Crippen molar-refractivity contribution in [2.24, 2.45) is 17.8 Å². The molecule has 3 nitrogen and oxygen atoms in total. The van der Waals surface area contributed by atoms with Crippen LogP contribution in [0.2, 0.25) is 0 Å². The second-order valence-electron chi connectivity index (χ2n) is 9.57. The van der Waals surface area contributed by atoms with Crippen LogP contribution in [0, 0.1) is 17.8 Å². The number of fused-ring (bicyclic) bond motifs is 2. The van der Waals surface area contributed by atoms with Gasteiger partial charge in [-0.15, -0.1) is 0 Å². The minimum absolute atomic E-state index is 0.135. The minimum atomic E-state index is 0.135. The molecule has 3 heteroatoms. The van der Waals surface area contributed by atoms with Crippen molar-refractivity contribution in [3.8, 4) is 11.1 Å². The number of carbonyl (C=O) groups is 1. The SMILES string of the molecule is CN(CC1C2CCC1CN(Cc1ccccc1)C2)C(=O)c1ccc(-c2ccccc2)cc1. The van der Waals surface area contributed by atoms with Gasteiger partial charge in [0.25, 0.3) is 5.91 Å². The van der Waals surface area contributed by atoms with Crippen LogP contribution in [0.5, 0.6) is 0 Å². The van der Waals surface area contributed by atoms with E-state index in [1.807, 2.05) is 42.3 Å². The van der Waals surface area contributed by atoms with Gasteiger partial charge in [0.1, 0.15) is 0 Å². The van der Waals surface area contributed by atoms with Crippen LogP contribution < -0.4 is 0 Å². The lowest BCUT2D eigenvalue weighted by Crippen LogP contribution is -2.46. The van der Waals surface area contributed by atoms with E-state index >= 15 is 0 Å². The van der Waals surface area contributed by atoms with Crippen molar-refractivity contribution in [2.45, 2.75) is 19.4 Å². The van der Waals surface area contributed by atoms with Crippen LogP contribution in [0.4, 0.5) is 0 Å². The maximum absolute atomic E-state index is 13.1. The molecule has 2 aliphatic rings. The predicted molar refractivity (Wildman–Crippen MR) is 130 cm³/mol. The van der Waals surface area contributed by atoms with Gasteiger partial charge >= 0.3 is 0 Å². The number of hydrogen-bond acceptors (Lipinski definition) is 2. The summed E-state index contributed by atoms with van der Waals surface area (Å²) < 4.78 is 0. The van der Waals surface area contributed by atoms with Gasteiger partial charge < -0.3 is 4.90 Å². The fraction of sp³-hybridized carbons (Fsp3) is 0.345. The quantitative estimate of drug-likeness (QED) is 0.515. The second kappa shape index (κ2) is 9.30. The summed E-state index contributed by atoms with van der Waals surface area (Å²) >= 11 is 0. The van der Waals surface area contributed by atoms with Crippen molar-refractivity contribution in [3.63, 3.8) is 0 Å². The van der Waals surface area contributed by atoms with Crippen molar-refractivity contribution < 1.29 is 4.79 Å². The van der Waals surface area contributed by atoms with Crippen molar-refractivity contribution in [3.05, 3.63) is 96.1 Å². The smallest absolute Gasteiger partial charge is 0.253 e. The summed E-state index contributed by atoms with van der Waals surface area (Å²) in [5.74, 6) is 2.16. The molecular formula is C29H32N2O. The predicted octanol–water partition coefficient (Wildman–Crippen LogP) is 5.58. The fourth-order valence-corrected chi connectivity index (χ4v) is 5.76. The van der Waals surface area contributed by atoms with Gasteiger partial charge in [0.2, 0.25) is 0 Å². The number of nitrogens with zero attached hydrogens (tertiary/aromatic N) is 2. The van der Waals surface area contributed by atoms with Gasteiger partial charge in [-0.1, -0.05) is 72.8 Å². The Kier molecular flexibility index (Phi) is 6.09. The molecule has 2 fully saturated rings.